The first kappa shape index (κ1) is 23.0. The Hall–Kier alpha value is -3.66. The number of fused-ring (bicyclic) bond motifs is 1. The molecule has 32 heavy (non-hydrogen) atoms. The molecule has 0 spiro atoms. The zero-order valence-corrected chi connectivity index (χ0v) is 18.6. The van der Waals surface area contributed by atoms with Crippen LogP contribution in [0, 0.1) is 13.8 Å². The number of benzene rings is 2. The highest BCUT2D eigenvalue weighted by Crippen LogP contribution is 2.19. The molecule has 0 aliphatic rings. The van der Waals surface area contributed by atoms with Gasteiger partial charge >= 0.3 is 12.0 Å². The van der Waals surface area contributed by atoms with Crippen molar-refractivity contribution in [2.24, 2.45) is 0 Å². The van der Waals surface area contributed by atoms with Gasteiger partial charge in [0.05, 0.1) is 23.8 Å². The van der Waals surface area contributed by atoms with Gasteiger partial charge in [-0.05, 0) is 43.2 Å². The van der Waals surface area contributed by atoms with E-state index in [1.165, 1.54) is 7.11 Å². The molecule has 10 heteroatoms. The van der Waals surface area contributed by atoms with Crippen LogP contribution in [0.4, 0.5) is 10.5 Å². The standard InChI is InChI=1S/C22H22N4O5S/c1-13-7-6-10-16(14(13)2)23-21(30)25-18(27)12-32-22-24-17-9-5-4-8-15(17)20(29)26(22)11-19(28)31-3/h4-10H,11-12H2,1-3H3,(H2,23,25,27,30). The largest absolute Gasteiger partial charge is 0.468 e. The topological polar surface area (TPSA) is 119 Å². The van der Waals surface area contributed by atoms with Crippen molar-refractivity contribution < 1.29 is 19.1 Å². The first-order valence-electron chi connectivity index (χ1n) is 9.66. The lowest BCUT2D eigenvalue weighted by atomic mass is 10.1. The number of aryl methyl sites for hydroxylation is 1. The molecule has 0 aliphatic heterocycles. The van der Waals surface area contributed by atoms with Crippen molar-refractivity contribution in [2.45, 2.75) is 25.5 Å². The van der Waals surface area contributed by atoms with Crippen LogP contribution in [0.15, 0.2) is 52.4 Å². The number of nitrogens with one attached hydrogen (secondary N) is 2. The lowest BCUT2D eigenvalue weighted by molar-refractivity contribution is -0.141. The minimum absolute atomic E-state index is 0.171. The second kappa shape index (κ2) is 10.1. The lowest BCUT2D eigenvalue weighted by Crippen LogP contribution is -2.36. The summed E-state index contributed by atoms with van der Waals surface area (Å²) in [6, 6.07) is 11.5. The molecule has 0 fully saturated rings. The molecule has 3 aromatic rings. The van der Waals surface area contributed by atoms with Crippen LogP contribution in [0.3, 0.4) is 0 Å². The number of hydrogen-bond donors (Lipinski definition) is 2. The molecule has 0 unspecified atom stereocenters. The molecule has 2 aromatic carbocycles. The molecule has 0 aliphatic carbocycles. The van der Waals surface area contributed by atoms with Gasteiger partial charge in [0.15, 0.2) is 5.16 Å². The van der Waals surface area contributed by atoms with Gasteiger partial charge in [0.2, 0.25) is 5.91 Å². The molecule has 3 rings (SSSR count). The van der Waals surface area contributed by atoms with Crippen LogP contribution in [0.25, 0.3) is 10.9 Å². The van der Waals surface area contributed by atoms with Crippen LogP contribution in [-0.2, 0) is 20.9 Å². The van der Waals surface area contributed by atoms with E-state index in [2.05, 4.69) is 20.4 Å². The van der Waals surface area contributed by atoms with Crippen molar-refractivity contribution in [1.82, 2.24) is 14.9 Å². The summed E-state index contributed by atoms with van der Waals surface area (Å²) in [4.78, 5) is 53.5. The lowest BCUT2D eigenvalue weighted by Gasteiger charge is -2.13. The minimum atomic E-state index is -0.664. The van der Waals surface area contributed by atoms with E-state index in [4.69, 9.17) is 0 Å². The predicted octanol–water partition coefficient (Wildman–Crippen LogP) is 2.63. The maximum atomic E-state index is 12.8. The van der Waals surface area contributed by atoms with Crippen LogP contribution >= 0.6 is 11.8 Å². The third kappa shape index (κ3) is 5.33. The molecule has 166 valence electrons. The van der Waals surface area contributed by atoms with Crippen LogP contribution < -0.4 is 16.2 Å². The average molecular weight is 455 g/mol. The highest BCUT2D eigenvalue weighted by molar-refractivity contribution is 7.99. The number of esters is 1. The summed E-state index contributed by atoms with van der Waals surface area (Å²) in [6.45, 7) is 3.45. The van der Waals surface area contributed by atoms with Gasteiger partial charge in [-0.3, -0.25) is 24.3 Å². The maximum Gasteiger partial charge on any atom is 0.325 e. The van der Waals surface area contributed by atoms with Crippen molar-refractivity contribution in [3.63, 3.8) is 0 Å². The average Bonchev–Trinajstić information content (AvgIpc) is 2.77. The highest BCUT2D eigenvalue weighted by Gasteiger charge is 2.17. The molecule has 0 saturated carbocycles. The number of hydrogen-bond acceptors (Lipinski definition) is 7. The number of para-hydroxylation sites is 1. The molecule has 1 aromatic heterocycles. The van der Waals surface area contributed by atoms with Crippen molar-refractivity contribution in [1.29, 1.82) is 0 Å². The van der Waals surface area contributed by atoms with Crippen LogP contribution in [0.5, 0.6) is 0 Å². The molecule has 2 N–H and O–H groups in total. The third-order valence-electron chi connectivity index (χ3n) is 4.78. The molecule has 0 atom stereocenters. The minimum Gasteiger partial charge on any atom is -0.468 e. The van der Waals surface area contributed by atoms with E-state index >= 15 is 0 Å². The zero-order chi connectivity index (χ0) is 23.3. The second-order valence-electron chi connectivity index (χ2n) is 6.92. The Bertz CT molecular complexity index is 1250. The van der Waals surface area contributed by atoms with E-state index in [0.29, 0.717) is 16.6 Å². The Kier molecular flexibility index (Phi) is 7.26. The summed E-state index contributed by atoms with van der Waals surface area (Å²) in [5, 5.41) is 5.41. The van der Waals surface area contributed by atoms with Crippen molar-refractivity contribution in [2.75, 3.05) is 18.2 Å². The Morgan fingerprint density at radius 3 is 2.59 bits per heavy atom. The number of imide groups is 1. The Balaban J connectivity index is 1.73. The number of methoxy groups -OCH3 is 1. The number of aromatic nitrogens is 2. The van der Waals surface area contributed by atoms with Gasteiger partial charge in [0.1, 0.15) is 6.54 Å². The molecular formula is C22H22N4O5S. The fraction of sp³-hybridized carbons (Fsp3) is 0.227. The number of urea groups is 1. The number of amides is 3. The summed E-state index contributed by atoms with van der Waals surface area (Å²) in [6.07, 6.45) is 0. The fourth-order valence-corrected chi connectivity index (χ4v) is 3.72. The molecule has 3 amide bonds. The van der Waals surface area contributed by atoms with E-state index in [0.717, 1.165) is 27.5 Å². The summed E-state index contributed by atoms with van der Waals surface area (Å²) in [7, 11) is 1.22. The number of ether oxygens (including phenoxy) is 1. The smallest absolute Gasteiger partial charge is 0.325 e. The zero-order valence-electron chi connectivity index (χ0n) is 17.8. The summed E-state index contributed by atoms with van der Waals surface area (Å²) >= 11 is 0.943. The van der Waals surface area contributed by atoms with Crippen molar-refractivity contribution in [3.8, 4) is 0 Å². The van der Waals surface area contributed by atoms with Crippen molar-refractivity contribution in [3.05, 3.63) is 63.9 Å². The number of anilines is 1. The molecule has 0 bridgehead atoms. The van der Waals surface area contributed by atoms with Crippen LogP contribution in [0.2, 0.25) is 0 Å². The van der Waals surface area contributed by atoms with Gasteiger partial charge in [-0.25, -0.2) is 9.78 Å². The quantitative estimate of drug-likeness (QED) is 0.334. The normalized spacial score (nSPS) is 10.6. The van der Waals surface area contributed by atoms with Gasteiger partial charge < -0.3 is 10.1 Å². The molecule has 0 saturated heterocycles. The number of thioether (sulfide) groups is 1. The van der Waals surface area contributed by atoms with Gasteiger partial charge in [0.25, 0.3) is 5.56 Å². The van der Waals surface area contributed by atoms with Gasteiger partial charge in [-0.2, -0.15) is 0 Å². The fourth-order valence-electron chi connectivity index (χ4n) is 2.92. The highest BCUT2D eigenvalue weighted by atomic mass is 32.2. The van der Waals surface area contributed by atoms with E-state index in [1.54, 1.807) is 30.3 Å². The summed E-state index contributed by atoms with van der Waals surface area (Å²) < 4.78 is 5.82. The Labute approximate surface area is 188 Å². The van der Waals surface area contributed by atoms with E-state index < -0.39 is 23.5 Å². The predicted molar refractivity (Wildman–Crippen MR) is 122 cm³/mol. The van der Waals surface area contributed by atoms with E-state index in [-0.39, 0.29) is 17.5 Å². The monoisotopic (exact) mass is 454 g/mol. The molecule has 0 radical (unpaired) electrons. The number of rotatable bonds is 6. The van der Waals surface area contributed by atoms with Gasteiger partial charge in [0, 0.05) is 5.69 Å². The number of nitrogens with zero attached hydrogens (tertiary/aromatic N) is 2. The van der Waals surface area contributed by atoms with E-state index in [1.807, 2.05) is 26.0 Å². The SMILES string of the molecule is COC(=O)Cn1c(SCC(=O)NC(=O)Nc2cccc(C)c2C)nc2ccccc2c1=O. The molecular weight excluding hydrogens is 432 g/mol. The Morgan fingerprint density at radius 1 is 1.09 bits per heavy atom. The van der Waals surface area contributed by atoms with E-state index in [9.17, 15) is 19.2 Å². The summed E-state index contributed by atoms with van der Waals surface area (Å²) in [5.74, 6) is -1.39. The third-order valence-corrected chi connectivity index (χ3v) is 5.76. The van der Waals surface area contributed by atoms with Crippen LogP contribution in [0.1, 0.15) is 11.1 Å². The Morgan fingerprint density at radius 2 is 1.84 bits per heavy atom. The first-order chi connectivity index (χ1) is 15.3. The molecule has 9 nitrogen and oxygen atoms in total. The molecule has 1 heterocycles. The first-order valence-corrected chi connectivity index (χ1v) is 10.6. The number of carbonyl (C=O) groups excluding carboxylic acids is 3. The van der Waals surface area contributed by atoms with Crippen molar-refractivity contribution >= 4 is 46.3 Å². The second-order valence-corrected chi connectivity index (χ2v) is 7.86. The summed E-state index contributed by atoms with van der Waals surface area (Å²) in [5.41, 5.74) is 2.53. The van der Waals surface area contributed by atoms with Gasteiger partial charge in [-0.15, -0.1) is 0 Å². The maximum absolute atomic E-state index is 12.8. The van der Waals surface area contributed by atoms with Crippen LogP contribution in [-0.4, -0.2) is 40.3 Å². The van der Waals surface area contributed by atoms with Gasteiger partial charge in [-0.1, -0.05) is 36.0 Å². The number of carbonyl (C=O) groups is 3.